The van der Waals surface area contributed by atoms with Crippen molar-refractivity contribution in [3.05, 3.63) is 10.5 Å². The van der Waals surface area contributed by atoms with Crippen LogP contribution in [0.15, 0.2) is 10.5 Å². The first kappa shape index (κ1) is 8.62. The van der Waals surface area contributed by atoms with E-state index in [1.807, 2.05) is 6.92 Å². The molecule has 62 valence electrons. The minimum absolute atomic E-state index is 0.414. The van der Waals surface area contributed by atoms with Gasteiger partial charge >= 0.3 is 5.97 Å². The number of esters is 1. The summed E-state index contributed by atoms with van der Waals surface area (Å²) >= 11 is 1.49. The zero-order valence-electron chi connectivity index (χ0n) is 6.46. The number of carbonyl (C=O) groups excluding carboxylic acids is 1. The van der Waals surface area contributed by atoms with Crippen LogP contribution in [0.4, 0.5) is 0 Å². The Bertz CT molecular complexity index is 210. The Kier molecular flexibility index (Phi) is 2.57. The Labute approximate surface area is 69.4 Å². The van der Waals surface area contributed by atoms with Gasteiger partial charge in [-0.25, -0.2) is 4.79 Å². The van der Waals surface area contributed by atoms with Crippen LogP contribution in [0.3, 0.4) is 0 Å². The third kappa shape index (κ3) is 1.57. The highest BCUT2D eigenvalue weighted by atomic mass is 32.2. The highest BCUT2D eigenvalue weighted by molar-refractivity contribution is 8.03. The van der Waals surface area contributed by atoms with Crippen LogP contribution in [0, 0.1) is 0 Å². The molecule has 0 saturated carbocycles. The molecule has 1 aliphatic heterocycles. The van der Waals surface area contributed by atoms with Crippen LogP contribution in [0.5, 0.6) is 0 Å². The fourth-order valence-corrected chi connectivity index (χ4v) is 1.94. The Morgan fingerprint density at radius 1 is 1.82 bits per heavy atom. The van der Waals surface area contributed by atoms with Crippen molar-refractivity contribution in [1.29, 1.82) is 0 Å². The molecule has 0 amide bonds. The number of aliphatic hydroxyl groups is 1. The van der Waals surface area contributed by atoms with Gasteiger partial charge in [-0.05, 0) is 11.8 Å². The van der Waals surface area contributed by atoms with Crippen molar-refractivity contribution in [3.8, 4) is 0 Å². The number of methoxy groups -OCH3 is 1. The third-order valence-electron chi connectivity index (χ3n) is 1.58. The van der Waals surface area contributed by atoms with Gasteiger partial charge in [0.2, 0.25) is 0 Å². The number of carbonyl (C=O) groups is 1. The summed E-state index contributed by atoms with van der Waals surface area (Å²) in [6.07, 6.45) is -0.646. The van der Waals surface area contributed by atoms with Crippen LogP contribution in [-0.2, 0) is 9.53 Å². The van der Waals surface area contributed by atoms with E-state index in [0.717, 1.165) is 4.91 Å². The SMILES string of the molecule is COC(=O)C1=C(C)SCC1O. The van der Waals surface area contributed by atoms with Gasteiger partial charge in [-0.1, -0.05) is 0 Å². The van der Waals surface area contributed by atoms with Crippen LogP contribution < -0.4 is 0 Å². The summed E-state index contributed by atoms with van der Waals surface area (Å²) in [6.45, 7) is 1.81. The van der Waals surface area contributed by atoms with Crippen LogP contribution in [-0.4, -0.2) is 30.0 Å². The molecule has 0 saturated heterocycles. The minimum Gasteiger partial charge on any atom is -0.466 e. The fraction of sp³-hybridized carbons (Fsp3) is 0.571. The van der Waals surface area contributed by atoms with Crippen molar-refractivity contribution in [3.63, 3.8) is 0 Å². The lowest BCUT2D eigenvalue weighted by Crippen LogP contribution is -2.17. The van der Waals surface area contributed by atoms with Gasteiger partial charge in [-0.15, -0.1) is 11.8 Å². The first-order valence-corrected chi connectivity index (χ1v) is 4.25. The molecule has 0 fully saturated rings. The molecule has 0 aromatic rings. The van der Waals surface area contributed by atoms with E-state index in [2.05, 4.69) is 4.74 Å². The molecular formula is C7H10O3S. The van der Waals surface area contributed by atoms with E-state index in [0.29, 0.717) is 11.3 Å². The summed E-state index contributed by atoms with van der Waals surface area (Å²) in [6, 6.07) is 0. The molecule has 1 unspecified atom stereocenters. The standard InChI is InChI=1S/C7H10O3S/c1-4-6(7(9)10-2)5(8)3-11-4/h5,8H,3H2,1-2H3. The highest BCUT2D eigenvalue weighted by Crippen LogP contribution is 2.31. The molecule has 3 nitrogen and oxygen atoms in total. The smallest absolute Gasteiger partial charge is 0.337 e. The van der Waals surface area contributed by atoms with E-state index in [9.17, 15) is 9.90 Å². The second kappa shape index (κ2) is 3.28. The normalized spacial score (nSPS) is 24.1. The van der Waals surface area contributed by atoms with Gasteiger partial charge in [-0.2, -0.15) is 0 Å². The predicted octanol–water partition coefficient (Wildman–Crippen LogP) is 0.541. The van der Waals surface area contributed by atoms with Crippen molar-refractivity contribution in [2.45, 2.75) is 13.0 Å². The molecule has 0 radical (unpaired) electrons. The highest BCUT2D eigenvalue weighted by Gasteiger charge is 2.27. The van der Waals surface area contributed by atoms with Crippen molar-refractivity contribution in [2.75, 3.05) is 12.9 Å². The van der Waals surface area contributed by atoms with Crippen LogP contribution >= 0.6 is 11.8 Å². The third-order valence-corrected chi connectivity index (χ3v) is 2.71. The molecule has 1 rings (SSSR count). The van der Waals surface area contributed by atoms with E-state index in [1.165, 1.54) is 18.9 Å². The molecule has 1 aliphatic rings. The number of hydrogen-bond donors (Lipinski definition) is 1. The Morgan fingerprint density at radius 3 is 2.82 bits per heavy atom. The summed E-state index contributed by atoms with van der Waals surface area (Å²) < 4.78 is 4.50. The minimum atomic E-state index is -0.646. The molecule has 0 bridgehead atoms. The maximum absolute atomic E-state index is 11.0. The van der Waals surface area contributed by atoms with Crippen LogP contribution in [0.2, 0.25) is 0 Å². The maximum Gasteiger partial charge on any atom is 0.337 e. The Balaban J connectivity index is 2.83. The van der Waals surface area contributed by atoms with E-state index >= 15 is 0 Å². The van der Waals surface area contributed by atoms with Gasteiger partial charge in [0.1, 0.15) is 0 Å². The first-order valence-electron chi connectivity index (χ1n) is 3.26. The summed E-state index contributed by atoms with van der Waals surface area (Å²) in [7, 11) is 1.32. The zero-order valence-corrected chi connectivity index (χ0v) is 7.27. The number of allylic oxidation sites excluding steroid dienone is 1. The van der Waals surface area contributed by atoms with Gasteiger partial charge < -0.3 is 9.84 Å². The number of hydrogen-bond acceptors (Lipinski definition) is 4. The van der Waals surface area contributed by atoms with Crippen molar-refractivity contribution in [1.82, 2.24) is 0 Å². The van der Waals surface area contributed by atoms with Crippen molar-refractivity contribution in [2.24, 2.45) is 0 Å². The molecule has 11 heavy (non-hydrogen) atoms. The summed E-state index contributed by atoms with van der Waals surface area (Å²) in [5, 5.41) is 9.28. The molecular weight excluding hydrogens is 164 g/mol. The van der Waals surface area contributed by atoms with E-state index in [4.69, 9.17) is 0 Å². The largest absolute Gasteiger partial charge is 0.466 e. The average molecular weight is 174 g/mol. The van der Waals surface area contributed by atoms with E-state index in [1.54, 1.807) is 0 Å². The van der Waals surface area contributed by atoms with Crippen LogP contribution in [0.25, 0.3) is 0 Å². The summed E-state index contributed by atoms with van der Waals surface area (Å²) in [4.78, 5) is 11.8. The molecule has 0 spiro atoms. The number of rotatable bonds is 1. The molecule has 4 heteroatoms. The Morgan fingerprint density at radius 2 is 2.45 bits per heavy atom. The second-order valence-electron chi connectivity index (χ2n) is 2.29. The van der Waals surface area contributed by atoms with Gasteiger partial charge in [-0.3, -0.25) is 0 Å². The number of ether oxygens (including phenoxy) is 1. The second-order valence-corrected chi connectivity index (χ2v) is 3.52. The fourth-order valence-electron chi connectivity index (χ4n) is 0.989. The van der Waals surface area contributed by atoms with Gasteiger partial charge in [0.05, 0.1) is 18.8 Å². The molecule has 1 heterocycles. The zero-order chi connectivity index (χ0) is 8.43. The topological polar surface area (TPSA) is 46.5 Å². The van der Waals surface area contributed by atoms with Gasteiger partial charge in [0.25, 0.3) is 0 Å². The predicted molar refractivity (Wildman–Crippen MR) is 43.2 cm³/mol. The van der Waals surface area contributed by atoms with Gasteiger partial charge in [0.15, 0.2) is 0 Å². The van der Waals surface area contributed by atoms with E-state index in [-0.39, 0.29) is 0 Å². The maximum atomic E-state index is 11.0. The van der Waals surface area contributed by atoms with E-state index < -0.39 is 12.1 Å². The number of aliphatic hydroxyl groups excluding tert-OH is 1. The van der Waals surface area contributed by atoms with Gasteiger partial charge in [0, 0.05) is 5.75 Å². The lowest BCUT2D eigenvalue weighted by Gasteiger charge is -2.04. The van der Waals surface area contributed by atoms with Crippen LogP contribution in [0.1, 0.15) is 6.92 Å². The number of thioether (sulfide) groups is 1. The molecule has 1 atom stereocenters. The van der Waals surface area contributed by atoms with Crippen molar-refractivity contribution < 1.29 is 14.6 Å². The molecule has 1 N–H and O–H groups in total. The first-order chi connectivity index (χ1) is 5.16. The Hall–Kier alpha value is -0.480. The lowest BCUT2D eigenvalue weighted by atomic mass is 10.1. The van der Waals surface area contributed by atoms with Crippen molar-refractivity contribution >= 4 is 17.7 Å². The summed E-state index contributed by atoms with van der Waals surface area (Å²) in [5.41, 5.74) is 0.414. The summed E-state index contributed by atoms with van der Waals surface area (Å²) in [5.74, 6) is 0.149. The molecule has 0 aromatic heterocycles. The monoisotopic (exact) mass is 174 g/mol. The average Bonchev–Trinajstić information content (AvgIpc) is 2.30. The molecule has 0 aliphatic carbocycles. The lowest BCUT2D eigenvalue weighted by molar-refractivity contribution is -0.137. The quantitative estimate of drug-likeness (QED) is 0.589. The molecule has 0 aromatic carbocycles.